The highest BCUT2D eigenvalue weighted by atomic mass is 15.2. The number of hydrogen-bond donors (Lipinski definition) is 1. The Morgan fingerprint density at radius 2 is 2.12 bits per heavy atom. The summed E-state index contributed by atoms with van der Waals surface area (Å²) >= 11 is 0. The summed E-state index contributed by atoms with van der Waals surface area (Å²) in [6, 6.07) is 5.61. The van der Waals surface area contributed by atoms with E-state index < -0.39 is 0 Å². The molecule has 0 unspecified atom stereocenters. The molecular formula is C14H23N3. The van der Waals surface area contributed by atoms with Crippen LogP contribution in [0.15, 0.2) is 12.1 Å². The van der Waals surface area contributed by atoms with Crippen molar-refractivity contribution >= 4 is 5.82 Å². The Kier molecular flexibility index (Phi) is 3.67. The van der Waals surface area contributed by atoms with Crippen LogP contribution in [0.1, 0.15) is 37.9 Å². The van der Waals surface area contributed by atoms with Gasteiger partial charge in [-0.1, -0.05) is 13.8 Å². The number of pyridine rings is 1. The zero-order valence-corrected chi connectivity index (χ0v) is 11.3. The smallest absolute Gasteiger partial charge is 0.129 e. The minimum absolute atomic E-state index is 0.521. The molecule has 3 nitrogen and oxygen atoms in total. The highest BCUT2D eigenvalue weighted by molar-refractivity contribution is 5.44. The van der Waals surface area contributed by atoms with Gasteiger partial charge >= 0.3 is 0 Å². The minimum Gasteiger partial charge on any atom is -0.357 e. The van der Waals surface area contributed by atoms with E-state index in [9.17, 15) is 0 Å². The van der Waals surface area contributed by atoms with Crippen molar-refractivity contribution in [3.05, 3.63) is 23.4 Å². The van der Waals surface area contributed by atoms with Crippen molar-refractivity contribution in [3.8, 4) is 0 Å². The van der Waals surface area contributed by atoms with Crippen LogP contribution in [-0.2, 0) is 6.54 Å². The highest BCUT2D eigenvalue weighted by Crippen LogP contribution is 2.29. The fourth-order valence-electron chi connectivity index (χ4n) is 1.97. The number of aryl methyl sites for hydroxylation is 1. The molecule has 1 aromatic heterocycles. The standard InChI is InChI=1S/C14H23N3/c1-10(2)15-9-12-7-11(3)16-14(8-12)17(4)13-5-6-13/h7-8,10,13,15H,5-6,9H2,1-4H3. The monoisotopic (exact) mass is 233 g/mol. The van der Waals surface area contributed by atoms with Gasteiger partial charge in [0.1, 0.15) is 5.82 Å². The molecule has 3 heteroatoms. The summed E-state index contributed by atoms with van der Waals surface area (Å²) in [5.74, 6) is 1.12. The van der Waals surface area contributed by atoms with E-state index in [0.29, 0.717) is 6.04 Å². The number of nitrogens with zero attached hydrogens (tertiary/aromatic N) is 2. The van der Waals surface area contributed by atoms with Crippen LogP contribution in [0.25, 0.3) is 0 Å². The van der Waals surface area contributed by atoms with E-state index >= 15 is 0 Å². The average Bonchev–Trinajstić information content (AvgIpc) is 3.08. The first-order valence-corrected chi connectivity index (χ1v) is 6.50. The molecule has 1 N–H and O–H groups in total. The van der Waals surface area contributed by atoms with Crippen LogP contribution in [0.5, 0.6) is 0 Å². The number of anilines is 1. The van der Waals surface area contributed by atoms with Gasteiger partial charge in [0.25, 0.3) is 0 Å². The number of hydrogen-bond acceptors (Lipinski definition) is 3. The summed E-state index contributed by atoms with van der Waals surface area (Å²) in [4.78, 5) is 6.93. The number of nitrogens with one attached hydrogen (secondary N) is 1. The third-order valence-electron chi connectivity index (χ3n) is 3.17. The molecule has 17 heavy (non-hydrogen) atoms. The average molecular weight is 233 g/mol. The van der Waals surface area contributed by atoms with Crippen molar-refractivity contribution < 1.29 is 0 Å². The van der Waals surface area contributed by atoms with Crippen LogP contribution < -0.4 is 10.2 Å². The van der Waals surface area contributed by atoms with Gasteiger partial charge in [0.05, 0.1) is 0 Å². The van der Waals surface area contributed by atoms with Crippen molar-refractivity contribution in [1.82, 2.24) is 10.3 Å². The van der Waals surface area contributed by atoms with Gasteiger partial charge in [-0.2, -0.15) is 0 Å². The zero-order chi connectivity index (χ0) is 12.4. The second-order valence-corrected chi connectivity index (χ2v) is 5.35. The molecular weight excluding hydrogens is 210 g/mol. The highest BCUT2D eigenvalue weighted by Gasteiger charge is 2.27. The molecule has 0 bridgehead atoms. The molecule has 0 aromatic carbocycles. The van der Waals surface area contributed by atoms with E-state index in [-0.39, 0.29) is 0 Å². The van der Waals surface area contributed by atoms with Crippen molar-refractivity contribution in [2.75, 3.05) is 11.9 Å². The molecule has 94 valence electrons. The molecule has 0 atom stereocenters. The Morgan fingerprint density at radius 1 is 1.41 bits per heavy atom. The van der Waals surface area contributed by atoms with Gasteiger partial charge in [-0.05, 0) is 37.5 Å². The fourth-order valence-corrected chi connectivity index (χ4v) is 1.97. The molecule has 1 saturated carbocycles. The van der Waals surface area contributed by atoms with Gasteiger partial charge < -0.3 is 10.2 Å². The third-order valence-corrected chi connectivity index (χ3v) is 3.17. The second-order valence-electron chi connectivity index (χ2n) is 5.35. The van der Waals surface area contributed by atoms with E-state index in [1.807, 2.05) is 0 Å². The van der Waals surface area contributed by atoms with E-state index in [0.717, 1.165) is 24.1 Å². The van der Waals surface area contributed by atoms with Crippen LogP contribution in [0, 0.1) is 6.92 Å². The second kappa shape index (κ2) is 5.05. The Morgan fingerprint density at radius 3 is 2.71 bits per heavy atom. The Labute approximate surface area is 104 Å². The van der Waals surface area contributed by atoms with E-state index in [1.165, 1.54) is 18.4 Å². The van der Waals surface area contributed by atoms with Gasteiger partial charge in [0.2, 0.25) is 0 Å². The van der Waals surface area contributed by atoms with E-state index in [2.05, 4.69) is 55.2 Å². The first kappa shape index (κ1) is 12.4. The summed E-state index contributed by atoms with van der Waals surface area (Å²) < 4.78 is 0. The van der Waals surface area contributed by atoms with Crippen molar-refractivity contribution in [2.24, 2.45) is 0 Å². The summed E-state index contributed by atoms with van der Waals surface area (Å²) in [6.45, 7) is 7.34. The lowest BCUT2D eigenvalue weighted by molar-refractivity contribution is 0.588. The van der Waals surface area contributed by atoms with E-state index in [4.69, 9.17) is 0 Å². The maximum absolute atomic E-state index is 4.62. The van der Waals surface area contributed by atoms with Gasteiger partial charge in [-0.3, -0.25) is 0 Å². The molecule has 0 saturated heterocycles. The minimum atomic E-state index is 0.521. The van der Waals surface area contributed by atoms with Crippen molar-refractivity contribution in [1.29, 1.82) is 0 Å². The summed E-state index contributed by atoms with van der Waals surface area (Å²) in [6.07, 6.45) is 2.62. The summed E-state index contributed by atoms with van der Waals surface area (Å²) in [5, 5.41) is 3.45. The number of rotatable bonds is 5. The van der Waals surface area contributed by atoms with Gasteiger partial charge in [0.15, 0.2) is 0 Å². The zero-order valence-electron chi connectivity index (χ0n) is 11.3. The lowest BCUT2D eigenvalue weighted by Crippen LogP contribution is -2.24. The summed E-state index contributed by atoms with van der Waals surface area (Å²) in [5.41, 5.74) is 2.43. The molecule has 0 spiro atoms. The van der Waals surface area contributed by atoms with Gasteiger partial charge in [-0.25, -0.2) is 4.98 Å². The van der Waals surface area contributed by atoms with Crippen LogP contribution in [0.2, 0.25) is 0 Å². The largest absolute Gasteiger partial charge is 0.357 e. The van der Waals surface area contributed by atoms with Crippen molar-refractivity contribution in [2.45, 2.75) is 52.2 Å². The molecule has 1 heterocycles. The molecule has 2 rings (SSSR count). The van der Waals surface area contributed by atoms with Gasteiger partial charge in [0, 0.05) is 31.4 Å². The first-order chi connectivity index (χ1) is 8.06. The van der Waals surface area contributed by atoms with Crippen molar-refractivity contribution in [3.63, 3.8) is 0 Å². The molecule has 1 fully saturated rings. The van der Waals surface area contributed by atoms with E-state index in [1.54, 1.807) is 0 Å². The number of aromatic nitrogens is 1. The normalized spacial score (nSPS) is 15.4. The summed E-state index contributed by atoms with van der Waals surface area (Å²) in [7, 11) is 2.15. The van der Waals surface area contributed by atoms with Crippen LogP contribution in [0.3, 0.4) is 0 Å². The molecule has 1 aliphatic carbocycles. The lowest BCUT2D eigenvalue weighted by Gasteiger charge is -2.19. The predicted molar refractivity (Wildman–Crippen MR) is 72.4 cm³/mol. The van der Waals surface area contributed by atoms with Crippen LogP contribution in [-0.4, -0.2) is 24.1 Å². The SMILES string of the molecule is Cc1cc(CNC(C)C)cc(N(C)C2CC2)n1. The first-order valence-electron chi connectivity index (χ1n) is 6.50. The van der Waals surface area contributed by atoms with Gasteiger partial charge in [-0.15, -0.1) is 0 Å². The molecule has 0 aliphatic heterocycles. The molecule has 0 radical (unpaired) electrons. The maximum Gasteiger partial charge on any atom is 0.129 e. The predicted octanol–water partition coefficient (Wildman–Crippen LogP) is 2.49. The van der Waals surface area contributed by atoms with Crippen LogP contribution in [0.4, 0.5) is 5.82 Å². The maximum atomic E-state index is 4.62. The fraction of sp³-hybridized carbons (Fsp3) is 0.643. The quantitative estimate of drug-likeness (QED) is 0.847. The molecule has 1 aliphatic rings. The molecule has 0 amide bonds. The Bertz CT molecular complexity index is 383. The molecule has 1 aromatic rings. The lowest BCUT2D eigenvalue weighted by atomic mass is 10.2. The Hall–Kier alpha value is -1.09. The Balaban J connectivity index is 2.10. The third kappa shape index (κ3) is 3.43. The van der Waals surface area contributed by atoms with Crippen LogP contribution >= 0.6 is 0 Å². The topological polar surface area (TPSA) is 28.2 Å².